The maximum Gasteiger partial charge on any atom is 0.338 e. The molecule has 1 N–H and O–H groups in total. The summed E-state index contributed by atoms with van der Waals surface area (Å²) < 4.78 is 30.0. The molecule has 0 radical (unpaired) electrons. The van der Waals surface area contributed by atoms with Gasteiger partial charge in [0.25, 0.3) is 5.91 Å². The van der Waals surface area contributed by atoms with Crippen LogP contribution in [-0.2, 0) is 19.6 Å². The predicted octanol–water partition coefficient (Wildman–Crippen LogP) is 2.04. The average Bonchev–Trinajstić information content (AvgIpc) is 2.61. The van der Waals surface area contributed by atoms with E-state index in [0.29, 0.717) is 5.69 Å². The van der Waals surface area contributed by atoms with Crippen LogP contribution < -0.4 is 5.32 Å². The minimum atomic E-state index is -3.57. The third kappa shape index (κ3) is 4.90. The van der Waals surface area contributed by atoms with Crippen LogP contribution in [0, 0.1) is 6.92 Å². The van der Waals surface area contributed by atoms with Gasteiger partial charge in [0, 0.05) is 19.8 Å². The van der Waals surface area contributed by atoms with E-state index >= 15 is 0 Å². The van der Waals surface area contributed by atoms with Gasteiger partial charge in [-0.15, -0.1) is 0 Å². The van der Waals surface area contributed by atoms with E-state index in [1.54, 1.807) is 12.1 Å². The molecule has 0 heterocycles. The molecule has 26 heavy (non-hydrogen) atoms. The van der Waals surface area contributed by atoms with E-state index in [1.165, 1.54) is 38.4 Å². The van der Waals surface area contributed by atoms with Crippen LogP contribution in [0.4, 0.5) is 5.69 Å². The highest BCUT2D eigenvalue weighted by Gasteiger charge is 2.18. The third-order valence-corrected chi connectivity index (χ3v) is 5.37. The summed E-state index contributed by atoms with van der Waals surface area (Å²) in [5.74, 6) is -1.17. The second kappa shape index (κ2) is 8.11. The van der Waals surface area contributed by atoms with E-state index < -0.39 is 28.5 Å². The molecule has 2 aromatic rings. The Morgan fingerprint density at radius 2 is 1.58 bits per heavy atom. The number of carbonyl (C=O) groups is 2. The van der Waals surface area contributed by atoms with Gasteiger partial charge in [-0.05, 0) is 43.3 Å². The number of nitrogens with zero attached hydrogens (tertiary/aromatic N) is 1. The van der Waals surface area contributed by atoms with Crippen molar-refractivity contribution in [1.29, 1.82) is 0 Å². The van der Waals surface area contributed by atoms with Gasteiger partial charge in [0.15, 0.2) is 6.61 Å². The molecule has 0 saturated heterocycles. The largest absolute Gasteiger partial charge is 0.452 e. The molecule has 0 fully saturated rings. The molecule has 0 saturated carbocycles. The quantitative estimate of drug-likeness (QED) is 0.779. The second-order valence-electron chi connectivity index (χ2n) is 5.80. The van der Waals surface area contributed by atoms with Gasteiger partial charge in [0.2, 0.25) is 10.0 Å². The molecule has 0 spiro atoms. The lowest BCUT2D eigenvalue weighted by atomic mass is 10.2. The number of nitrogens with one attached hydrogen (secondary N) is 1. The Kier molecular flexibility index (Phi) is 6.12. The molecule has 2 aromatic carbocycles. The van der Waals surface area contributed by atoms with Crippen LogP contribution in [0.5, 0.6) is 0 Å². The molecule has 0 aromatic heterocycles. The van der Waals surface area contributed by atoms with Crippen LogP contribution in [0.3, 0.4) is 0 Å². The summed E-state index contributed by atoms with van der Waals surface area (Å²) in [6.07, 6.45) is 0. The van der Waals surface area contributed by atoms with Gasteiger partial charge in [0.1, 0.15) is 0 Å². The van der Waals surface area contributed by atoms with Crippen molar-refractivity contribution in [3.8, 4) is 0 Å². The highest BCUT2D eigenvalue weighted by atomic mass is 32.2. The van der Waals surface area contributed by atoms with Crippen LogP contribution in [0.1, 0.15) is 15.9 Å². The van der Waals surface area contributed by atoms with Crippen LogP contribution in [0.15, 0.2) is 53.4 Å². The summed E-state index contributed by atoms with van der Waals surface area (Å²) in [5, 5.41) is 2.62. The van der Waals surface area contributed by atoms with Crippen molar-refractivity contribution < 1.29 is 22.7 Å². The monoisotopic (exact) mass is 376 g/mol. The van der Waals surface area contributed by atoms with E-state index in [2.05, 4.69) is 5.32 Å². The van der Waals surface area contributed by atoms with Gasteiger partial charge in [-0.3, -0.25) is 4.79 Å². The highest BCUT2D eigenvalue weighted by Crippen LogP contribution is 2.14. The fourth-order valence-corrected chi connectivity index (χ4v) is 2.92. The Hall–Kier alpha value is -2.71. The molecule has 0 unspecified atom stereocenters. The number of ether oxygens (including phenoxy) is 1. The lowest BCUT2D eigenvalue weighted by Gasteiger charge is -2.11. The minimum absolute atomic E-state index is 0.0659. The summed E-state index contributed by atoms with van der Waals surface area (Å²) in [5.41, 5.74) is 1.83. The van der Waals surface area contributed by atoms with Crippen molar-refractivity contribution in [2.45, 2.75) is 11.8 Å². The predicted molar refractivity (Wildman–Crippen MR) is 97.4 cm³/mol. The van der Waals surface area contributed by atoms with Crippen LogP contribution in [0.25, 0.3) is 0 Å². The van der Waals surface area contributed by atoms with Gasteiger partial charge in [0.05, 0.1) is 10.5 Å². The number of aryl methyl sites for hydroxylation is 1. The van der Waals surface area contributed by atoms with E-state index in [4.69, 9.17) is 4.74 Å². The van der Waals surface area contributed by atoms with E-state index in [1.807, 2.05) is 19.1 Å². The molecule has 0 aliphatic rings. The number of rotatable bonds is 6. The normalized spacial score (nSPS) is 11.2. The number of benzene rings is 2. The first-order valence-electron chi connectivity index (χ1n) is 7.76. The van der Waals surface area contributed by atoms with Gasteiger partial charge in [-0.25, -0.2) is 17.5 Å². The Morgan fingerprint density at radius 1 is 1.00 bits per heavy atom. The van der Waals surface area contributed by atoms with Crippen molar-refractivity contribution in [3.05, 3.63) is 59.7 Å². The number of carbonyl (C=O) groups excluding carboxylic acids is 2. The van der Waals surface area contributed by atoms with Crippen molar-refractivity contribution in [2.24, 2.45) is 0 Å². The van der Waals surface area contributed by atoms with Crippen molar-refractivity contribution in [2.75, 3.05) is 26.0 Å². The zero-order valence-electron chi connectivity index (χ0n) is 14.7. The molecule has 7 nitrogen and oxygen atoms in total. The maximum atomic E-state index is 12.0. The zero-order valence-corrected chi connectivity index (χ0v) is 15.5. The summed E-state index contributed by atoms with van der Waals surface area (Å²) in [4.78, 5) is 23.9. The lowest BCUT2D eigenvalue weighted by Crippen LogP contribution is -2.22. The van der Waals surface area contributed by atoms with Crippen LogP contribution in [-0.4, -0.2) is 45.3 Å². The maximum absolute atomic E-state index is 12.0. The van der Waals surface area contributed by atoms with E-state index in [0.717, 1.165) is 9.87 Å². The average molecular weight is 376 g/mol. The highest BCUT2D eigenvalue weighted by molar-refractivity contribution is 7.89. The number of esters is 1. The van der Waals surface area contributed by atoms with Gasteiger partial charge < -0.3 is 10.1 Å². The van der Waals surface area contributed by atoms with Crippen molar-refractivity contribution in [3.63, 3.8) is 0 Å². The molecule has 0 bridgehead atoms. The minimum Gasteiger partial charge on any atom is -0.452 e. The number of hydrogen-bond acceptors (Lipinski definition) is 5. The topological polar surface area (TPSA) is 92.8 Å². The molecule has 8 heteroatoms. The SMILES string of the molecule is Cc1ccc(NC(=O)COC(=O)c2ccc(S(=O)(=O)N(C)C)cc2)cc1. The molecule has 2 rings (SSSR count). The molecule has 0 aliphatic carbocycles. The summed E-state index contributed by atoms with van der Waals surface area (Å²) in [7, 11) is -0.724. The zero-order chi connectivity index (χ0) is 19.3. The summed E-state index contributed by atoms with van der Waals surface area (Å²) >= 11 is 0. The Labute approximate surface area is 152 Å². The molecule has 0 aliphatic heterocycles. The number of hydrogen-bond donors (Lipinski definition) is 1. The number of anilines is 1. The molecule has 0 atom stereocenters. The first-order chi connectivity index (χ1) is 12.2. The van der Waals surface area contributed by atoms with Gasteiger partial charge in [-0.2, -0.15) is 0 Å². The van der Waals surface area contributed by atoms with E-state index in [-0.39, 0.29) is 10.5 Å². The smallest absolute Gasteiger partial charge is 0.338 e. The first kappa shape index (κ1) is 19.6. The Morgan fingerprint density at radius 3 is 2.12 bits per heavy atom. The molecular formula is C18H20N2O5S. The van der Waals surface area contributed by atoms with E-state index in [9.17, 15) is 18.0 Å². The fraction of sp³-hybridized carbons (Fsp3) is 0.222. The molecular weight excluding hydrogens is 356 g/mol. The molecule has 1 amide bonds. The van der Waals surface area contributed by atoms with Gasteiger partial charge >= 0.3 is 5.97 Å². The third-order valence-electron chi connectivity index (χ3n) is 3.54. The van der Waals surface area contributed by atoms with Crippen molar-refractivity contribution in [1.82, 2.24) is 4.31 Å². The number of sulfonamides is 1. The first-order valence-corrected chi connectivity index (χ1v) is 9.20. The van der Waals surface area contributed by atoms with Crippen LogP contribution in [0.2, 0.25) is 0 Å². The van der Waals surface area contributed by atoms with Crippen molar-refractivity contribution >= 4 is 27.6 Å². The summed E-state index contributed by atoms with van der Waals surface area (Å²) in [6.45, 7) is 1.49. The van der Waals surface area contributed by atoms with Gasteiger partial charge in [-0.1, -0.05) is 17.7 Å². The lowest BCUT2D eigenvalue weighted by molar-refractivity contribution is -0.119. The Bertz CT molecular complexity index is 888. The standard InChI is InChI=1S/C18H20N2O5S/c1-13-4-8-15(9-5-13)19-17(21)12-25-18(22)14-6-10-16(11-7-14)26(23,24)20(2)3/h4-11H,12H2,1-3H3,(H,19,21). The Balaban J connectivity index is 1.93. The molecule has 138 valence electrons. The number of amides is 1. The summed E-state index contributed by atoms with van der Waals surface area (Å²) in [6, 6.07) is 12.5. The fourth-order valence-electron chi connectivity index (χ4n) is 2.02. The second-order valence-corrected chi connectivity index (χ2v) is 7.95. The van der Waals surface area contributed by atoms with Crippen LogP contribution >= 0.6 is 0 Å².